The van der Waals surface area contributed by atoms with E-state index in [1.807, 2.05) is 45.0 Å². The van der Waals surface area contributed by atoms with Crippen LogP contribution in [-0.2, 0) is 4.74 Å². The summed E-state index contributed by atoms with van der Waals surface area (Å²) in [5.41, 5.74) is 1.64. The van der Waals surface area contributed by atoms with Crippen LogP contribution in [-0.4, -0.2) is 75.9 Å². The van der Waals surface area contributed by atoms with E-state index in [4.69, 9.17) is 16.3 Å². The Hall–Kier alpha value is -2.58. The Morgan fingerprint density at radius 2 is 1.86 bits per heavy atom. The Labute approximate surface area is 218 Å². The summed E-state index contributed by atoms with van der Waals surface area (Å²) >= 11 is 6.53. The van der Waals surface area contributed by atoms with Gasteiger partial charge in [-0.1, -0.05) is 30.7 Å². The van der Waals surface area contributed by atoms with E-state index in [1.165, 1.54) is 6.42 Å². The highest BCUT2D eigenvalue weighted by atomic mass is 35.5. The van der Waals surface area contributed by atoms with Crippen LogP contribution in [0.25, 0.3) is 5.69 Å². The lowest BCUT2D eigenvalue weighted by molar-refractivity contribution is 0.0203. The van der Waals surface area contributed by atoms with Crippen LogP contribution >= 0.6 is 11.6 Å². The van der Waals surface area contributed by atoms with Crippen molar-refractivity contribution in [2.45, 2.75) is 70.9 Å². The summed E-state index contributed by atoms with van der Waals surface area (Å²) in [6.45, 7) is 11.6. The van der Waals surface area contributed by atoms with Crippen molar-refractivity contribution in [3.63, 3.8) is 0 Å². The number of halogens is 1. The molecule has 0 radical (unpaired) electrons. The molecule has 4 rings (SSSR count). The van der Waals surface area contributed by atoms with E-state index >= 15 is 0 Å². The zero-order valence-electron chi connectivity index (χ0n) is 21.8. The van der Waals surface area contributed by atoms with Crippen molar-refractivity contribution in [3.05, 3.63) is 46.7 Å². The van der Waals surface area contributed by atoms with Crippen LogP contribution in [0.2, 0.25) is 5.02 Å². The number of para-hydroxylation sites is 1. The normalized spacial score (nSPS) is 19.5. The van der Waals surface area contributed by atoms with Gasteiger partial charge in [-0.25, -0.2) is 9.48 Å². The first-order valence-corrected chi connectivity index (χ1v) is 13.4. The zero-order chi connectivity index (χ0) is 25.9. The SMILES string of the molecule is CCN1CCC[C@H]1CNC(=O)c1cnn(-c2ccccc2Cl)c1C1CCN(C(=O)OC(C)(C)C)CC1. The molecule has 2 saturated heterocycles. The fourth-order valence-electron chi connectivity index (χ4n) is 5.25. The molecule has 3 heterocycles. The summed E-state index contributed by atoms with van der Waals surface area (Å²) in [5.74, 6) is -0.0531. The Balaban J connectivity index is 1.55. The van der Waals surface area contributed by atoms with Gasteiger partial charge in [0.2, 0.25) is 0 Å². The summed E-state index contributed by atoms with van der Waals surface area (Å²) in [7, 11) is 0. The highest BCUT2D eigenvalue weighted by Gasteiger charge is 2.33. The van der Waals surface area contributed by atoms with Gasteiger partial charge in [0.1, 0.15) is 5.60 Å². The number of carbonyl (C=O) groups excluding carboxylic acids is 2. The van der Waals surface area contributed by atoms with Gasteiger partial charge in [0, 0.05) is 31.6 Å². The molecule has 2 aliphatic rings. The molecule has 1 aromatic carbocycles. The van der Waals surface area contributed by atoms with E-state index in [1.54, 1.807) is 15.8 Å². The van der Waals surface area contributed by atoms with Gasteiger partial charge in [-0.05, 0) is 71.7 Å². The largest absolute Gasteiger partial charge is 0.444 e. The lowest BCUT2D eigenvalue weighted by atomic mass is 9.90. The number of rotatable bonds is 6. The van der Waals surface area contributed by atoms with Gasteiger partial charge < -0.3 is 15.0 Å². The lowest BCUT2D eigenvalue weighted by Crippen LogP contribution is -2.42. The molecular formula is C27H38ClN5O3. The number of carbonyl (C=O) groups is 2. The molecule has 2 amide bonds. The molecule has 36 heavy (non-hydrogen) atoms. The van der Waals surface area contributed by atoms with Gasteiger partial charge in [0.15, 0.2) is 0 Å². The van der Waals surface area contributed by atoms with Crippen LogP contribution in [0.5, 0.6) is 0 Å². The summed E-state index contributed by atoms with van der Waals surface area (Å²) in [6.07, 6.45) is 5.05. The number of amides is 2. The average molecular weight is 516 g/mol. The summed E-state index contributed by atoms with van der Waals surface area (Å²) in [4.78, 5) is 30.2. The van der Waals surface area contributed by atoms with Gasteiger partial charge in [0.05, 0.1) is 28.2 Å². The molecule has 8 nitrogen and oxygen atoms in total. The number of nitrogens with one attached hydrogen (secondary N) is 1. The van der Waals surface area contributed by atoms with Crippen molar-refractivity contribution in [1.82, 2.24) is 24.9 Å². The summed E-state index contributed by atoms with van der Waals surface area (Å²) in [6, 6.07) is 7.90. The maximum atomic E-state index is 13.4. The lowest BCUT2D eigenvalue weighted by Gasteiger charge is -2.34. The van der Waals surface area contributed by atoms with E-state index < -0.39 is 5.60 Å². The van der Waals surface area contributed by atoms with E-state index in [0.29, 0.717) is 49.1 Å². The van der Waals surface area contributed by atoms with Crippen molar-refractivity contribution in [2.75, 3.05) is 32.7 Å². The fraction of sp³-hybridized carbons (Fsp3) is 0.593. The predicted octanol–water partition coefficient (Wildman–Crippen LogP) is 4.85. The van der Waals surface area contributed by atoms with Crippen LogP contribution in [0.1, 0.15) is 75.3 Å². The van der Waals surface area contributed by atoms with E-state index in [0.717, 1.165) is 30.9 Å². The number of aromatic nitrogens is 2. The van der Waals surface area contributed by atoms with Crippen molar-refractivity contribution in [3.8, 4) is 5.69 Å². The Morgan fingerprint density at radius 1 is 1.14 bits per heavy atom. The van der Waals surface area contributed by atoms with E-state index in [2.05, 4.69) is 22.2 Å². The molecule has 9 heteroatoms. The van der Waals surface area contributed by atoms with Gasteiger partial charge in [0.25, 0.3) is 5.91 Å². The van der Waals surface area contributed by atoms with Crippen molar-refractivity contribution in [1.29, 1.82) is 0 Å². The minimum atomic E-state index is -0.533. The smallest absolute Gasteiger partial charge is 0.410 e. The third kappa shape index (κ3) is 6.03. The number of likely N-dealkylation sites (tertiary alicyclic amines) is 2. The molecule has 0 aliphatic carbocycles. The molecule has 1 aromatic heterocycles. The highest BCUT2D eigenvalue weighted by Crippen LogP contribution is 2.34. The molecule has 0 saturated carbocycles. The Kier molecular flexibility index (Phi) is 8.25. The highest BCUT2D eigenvalue weighted by molar-refractivity contribution is 6.32. The van der Waals surface area contributed by atoms with Gasteiger partial charge in [-0.2, -0.15) is 5.10 Å². The average Bonchev–Trinajstić information content (AvgIpc) is 3.49. The van der Waals surface area contributed by atoms with Crippen molar-refractivity contribution in [2.24, 2.45) is 0 Å². The number of likely N-dealkylation sites (N-methyl/N-ethyl adjacent to an activating group) is 1. The Bertz CT molecular complexity index is 1070. The first-order chi connectivity index (χ1) is 17.2. The minimum absolute atomic E-state index is 0.0573. The van der Waals surface area contributed by atoms with Crippen LogP contribution in [0.15, 0.2) is 30.5 Å². The number of ether oxygens (including phenoxy) is 1. The number of nitrogens with zero attached hydrogens (tertiary/aromatic N) is 4. The second-order valence-corrected chi connectivity index (χ2v) is 11.1. The molecule has 2 aromatic rings. The van der Waals surface area contributed by atoms with E-state index in [-0.39, 0.29) is 17.9 Å². The standard InChI is InChI=1S/C27H38ClN5O3/c1-5-31-14-8-9-20(31)17-29-25(34)21-18-30-33(23-11-7-6-10-22(23)28)24(21)19-12-15-32(16-13-19)26(35)36-27(2,3)4/h6-7,10-11,18-20H,5,8-9,12-17H2,1-4H3,(H,29,34)/t20-/m0/s1. The fourth-order valence-corrected chi connectivity index (χ4v) is 5.47. The second-order valence-electron chi connectivity index (χ2n) is 10.7. The van der Waals surface area contributed by atoms with Gasteiger partial charge in [-0.3, -0.25) is 9.69 Å². The molecular weight excluding hydrogens is 478 g/mol. The predicted molar refractivity (Wildman–Crippen MR) is 141 cm³/mol. The third-order valence-electron chi connectivity index (χ3n) is 7.07. The van der Waals surface area contributed by atoms with Gasteiger partial charge in [-0.15, -0.1) is 0 Å². The zero-order valence-corrected chi connectivity index (χ0v) is 22.6. The minimum Gasteiger partial charge on any atom is -0.444 e. The van der Waals surface area contributed by atoms with Gasteiger partial charge >= 0.3 is 6.09 Å². The van der Waals surface area contributed by atoms with Crippen LogP contribution in [0.4, 0.5) is 4.79 Å². The quantitative estimate of drug-likeness (QED) is 0.594. The summed E-state index contributed by atoms with van der Waals surface area (Å²) in [5, 5.41) is 8.35. The topological polar surface area (TPSA) is 79.7 Å². The van der Waals surface area contributed by atoms with Crippen LogP contribution in [0, 0.1) is 0 Å². The second kappa shape index (κ2) is 11.2. The van der Waals surface area contributed by atoms with Crippen molar-refractivity contribution < 1.29 is 14.3 Å². The monoisotopic (exact) mass is 515 g/mol. The maximum absolute atomic E-state index is 13.4. The molecule has 1 atom stereocenters. The molecule has 0 unspecified atom stereocenters. The first-order valence-electron chi connectivity index (χ1n) is 13.0. The number of benzene rings is 1. The molecule has 2 fully saturated rings. The Morgan fingerprint density at radius 3 is 2.53 bits per heavy atom. The molecule has 196 valence electrons. The van der Waals surface area contributed by atoms with Crippen LogP contribution in [0.3, 0.4) is 0 Å². The maximum Gasteiger partial charge on any atom is 0.410 e. The molecule has 1 N–H and O–H groups in total. The molecule has 0 bridgehead atoms. The third-order valence-corrected chi connectivity index (χ3v) is 7.39. The number of piperidine rings is 1. The van der Waals surface area contributed by atoms with Crippen LogP contribution < -0.4 is 5.32 Å². The number of hydrogen-bond acceptors (Lipinski definition) is 5. The summed E-state index contributed by atoms with van der Waals surface area (Å²) < 4.78 is 7.36. The first kappa shape index (κ1) is 26.5. The van der Waals surface area contributed by atoms with Crippen molar-refractivity contribution >= 4 is 23.6 Å². The number of hydrogen-bond donors (Lipinski definition) is 1. The molecule has 2 aliphatic heterocycles. The molecule has 0 spiro atoms. The van der Waals surface area contributed by atoms with E-state index in [9.17, 15) is 9.59 Å².